The van der Waals surface area contributed by atoms with E-state index in [2.05, 4.69) is 202 Å². The van der Waals surface area contributed by atoms with Gasteiger partial charge in [0.25, 0.3) is 0 Å². The summed E-state index contributed by atoms with van der Waals surface area (Å²) in [4.78, 5) is 77.7. The van der Waals surface area contributed by atoms with Crippen molar-refractivity contribution in [3.05, 3.63) is 316 Å². The fourth-order valence-corrected chi connectivity index (χ4v) is 18.1. The molecule has 9 aromatic carbocycles. The van der Waals surface area contributed by atoms with Crippen molar-refractivity contribution >= 4 is 98.5 Å². The third-order valence-electron chi connectivity index (χ3n) is 19.4. The molecule has 0 saturated carbocycles. The molecule has 0 heterocycles. The largest absolute Gasteiger partial charge is 1.00 e. The zero-order valence-electron chi connectivity index (χ0n) is 69.7. The number of hydrogen-bond donors (Lipinski definition) is 0. The molecule has 0 radical (unpaired) electrons. The van der Waals surface area contributed by atoms with Crippen molar-refractivity contribution in [2.24, 2.45) is 43.9 Å². The van der Waals surface area contributed by atoms with Gasteiger partial charge in [-0.05, 0) is 126 Å². The van der Waals surface area contributed by atoms with Crippen LogP contribution in [0.25, 0.3) is 26.4 Å². The Kier molecular flexibility index (Phi) is 47.4. The van der Waals surface area contributed by atoms with Crippen LogP contribution in [0.5, 0.6) is 0 Å². The molecule has 0 spiro atoms. The molecule has 0 saturated heterocycles. The average molecular weight is 1700 g/mol. The molecule has 0 aromatic heterocycles. The summed E-state index contributed by atoms with van der Waals surface area (Å²) in [5.41, 5.74) is 23.7. The first kappa shape index (κ1) is 102. The Labute approximate surface area is 723 Å². The van der Waals surface area contributed by atoms with Gasteiger partial charge < -0.3 is 45.0 Å². The van der Waals surface area contributed by atoms with Crippen LogP contribution in [0.2, 0.25) is 0 Å². The van der Waals surface area contributed by atoms with Crippen LogP contribution in [-0.4, -0.2) is 80.9 Å². The van der Waals surface area contributed by atoms with E-state index in [-0.39, 0.29) is 121 Å². The van der Waals surface area contributed by atoms with Gasteiger partial charge in [-0.25, -0.2) is 0 Å². The first-order valence-electron chi connectivity index (χ1n) is 38.8. The number of alkyl halides is 1. The minimum absolute atomic E-state index is 0. The Hall–Kier alpha value is -9.48. The van der Waals surface area contributed by atoms with E-state index in [1.165, 1.54) is 20.8 Å². The fourth-order valence-electron chi connectivity index (χ4n) is 11.2. The number of ether oxygens (including phenoxy) is 6. The molecule has 616 valence electrons. The van der Waals surface area contributed by atoms with E-state index in [9.17, 15) is 28.8 Å². The van der Waals surface area contributed by atoms with Crippen LogP contribution in [-0.2, 0) is 57.2 Å². The molecule has 0 aliphatic carbocycles. The molecular weight excluding hydrogens is 1590 g/mol. The summed E-state index contributed by atoms with van der Waals surface area (Å²) in [5, 5.41) is 11.4. The van der Waals surface area contributed by atoms with Gasteiger partial charge in [-0.15, -0.1) is 0 Å². The van der Waals surface area contributed by atoms with Crippen molar-refractivity contribution in [1.82, 2.24) is 0 Å². The van der Waals surface area contributed by atoms with Crippen molar-refractivity contribution in [3.8, 4) is 0 Å². The number of benzene rings is 9. The molecule has 117 heavy (non-hydrogen) atoms. The maximum absolute atomic E-state index is 13.2. The van der Waals surface area contributed by atoms with Crippen molar-refractivity contribution in [2.75, 3.05) is 39.6 Å². The number of carbonyl (C=O) groups is 6. The molecule has 6 atom stereocenters. The Morgan fingerprint density at radius 1 is 0.376 bits per heavy atom. The molecule has 0 aliphatic rings. The Bertz CT molecular complexity index is 4310. The van der Waals surface area contributed by atoms with Gasteiger partial charge in [-0.3, -0.25) is 38.4 Å². The zero-order chi connectivity index (χ0) is 84.1. The average Bonchev–Trinajstić information content (AvgIpc) is 0.749. The van der Waals surface area contributed by atoms with Gasteiger partial charge in [-0.2, -0.15) is 0 Å². The minimum Gasteiger partial charge on any atom is -0.462 e. The Morgan fingerprint density at radius 3 is 0.880 bits per heavy atom. The predicted molar refractivity (Wildman–Crippen MR) is 471 cm³/mol. The monoisotopic (exact) mass is 1700 g/mol. The zero-order valence-corrected chi connectivity index (χ0v) is 75.1. The van der Waals surface area contributed by atoms with Gasteiger partial charge in [-0.1, -0.05) is 336 Å². The van der Waals surface area contributed by atoms with Crippen molar-refractivity contribution in [2.45, 2.75) is 139 Å². The normalized spacial score (nSPS) is 12.4. The Morgan fingerprint density at radius 2 is 0.607 bits per heavy atom. The molecule has 9 rings (SSSR count). The van der Waals surface area contributed by atoms with Gasteiger partial charge in [0, 0.05) is 25.7 Å². The number of halogens is 1. The second-order valence-corrected chi connectivity index (χ2v) is 35.5. The van der Waals surface area contributed by atoms with Crippen LogP contribution < -0.4 is 61.4 Å². The Balaban J connectivity index is 0.000000416. The molecule has 0 bridgehead atoms. The minimum atomic E-state index is -2.50. The maximum Gasteiger partial charge on any atom is 1.00 e. The summed E-state index contributed by atoms with van der Waals surface area (Å²) in [5.74, 6) is -3.00. The van der Waals surface area contributed by atoms with E-state index in [0.717, 1.165) is 32.6 Å². The number of rotatable bonds is 35. The molecule has 24 heteroatoms. The summed E-state index contributed by atoms with van der Waals surface area (Å²) in [7, 11) is -2.95. The van der Waals surface area contributed by atoms with Crippen LogP contribution in [0.15, 0.2) is 283 Å². The van der Waals surface area contributed by atoms with Crippen molar-refractivity contribution in [1.29, 1.82) is 0 Å². The van der Waals surface area contributed by atoms with Crippen molar-refractivity contribution in [3.63, 3.8) is 0 Å². The number of esters is 6. The molecule has 20 nitrogen and oxygen atoms in total. The van der Waals surface area contributed by atoms with Crippen molar-refractivity contribution < 1.29 is 92.2 Å². The molecular formula is C93H113BrN7NaO13P2. The van der Waals surface area contributed by atoms with Crippen LogP contribution in [0.4, 0.5) is 0 Å². The van der Waals surface area contributed by atoms with E-state index in [4.69, 9.17) is 49.8 Å². The molecule has 2 N–H and O–H groups in total. The number of hydrogen-bond acceptors (Lipinski definition) is 14. The quantitative estimate of drug-likeness (QED) is 0.00412. The third kappa shape index (κ3) is 34.2. The SMILES string of the molecule is CCC(C)(C)C(=O)OCCOC(=O)C(C)CC(Br)c1ccccc1.CCC(C)(C)C(=O)OCCOC(=O)C(C)CC(N=P(c1ccccc1)(c1ccccc1)c1ccccc1)c1ccccc1.CCC(C)(C)C(=O)OCCOC(=O)C(C)CC(N=[N+]=[N-])c1ccccc1.O.[N-]=[N+]=[N-].[Na+].c1ccc(P(c2ccccc2)c2ccccc2)cc1. The fraction of sp³-hybridized carbons (Fsp3) is 0.355. The molecule has 9 aromatic rings. The molecule has 0 fully saturated rings. The molecule has 0 aliphatic heterocycles. The summed E-state index contributed by atoms with van der Waals surface area (Å²) >= 11 is 3.61. The first-order chi connectivity index (χ1) is 55.2. The van der Waals surface area contributed by atoms with Gasteiger partial charge in [0.1, 0.15) is 39.6 Å². The second kappa shape index (κ2) is 54.5. The van der Waals surface area contributed by atoms with Gasteiger partial charge >= 0.3 is 65.4 Å². The van der Waals surface area contributed by atoms with E-state index in [1.54, 1.807) is 6.92 Å². The molecule has 0 amide bonds. The predicted octanol–water partition coefficient (Wildman–Crippen LogP) is 17.2. The first-order valence-corrected chi connectivity index (χ1v) is 42.8. The summed E-state index contributed by atoms with van der Waals surface area (Å²) in [6.07, 6.45) is 3.50. The summed E-state index contributed by atoms with van der Waals surface area (Å²) in [6.45, 7) is 22.5. The van der Waals surface area contributed by atoms with E-state index < -0.39 is 55.1 Å². The number of azide groups is 1. The van der Waals surface area contributed by atoms with Gasteiger partial charge in [0.15, 0.2) is 0 Å². The smallest absolute Gasteiger partial charge is 0.462 e. The summed E-state index contributed by atoms with van der Waals surface area (Å²) < 4.78 is 37.4. The van der Waals surface area contributed by atoms with Crippen LogP contribution in [0.3, 0.4) is 0 Å². The molecule has 6 unspecified atom stereocenters. The van der Waals surface area contributed by atoms with Crippen LogP contribution in [0.1, 0.15) is 155 Å². The standard InChI is InChI=1S/C37H42NO4P.C19H27BrO4.C19H27N3O4.C18H15P.N3.Na.H2O/c1-5-37(3,4)36(40)42-27-26-41-35(39)29(2)28-34(30-18-10-6-11-19-30)38-43(31-20-12-7-13-21-31,32-22-14-8-15-23-32)33-24-16-9-17-25-33;1-5-19(3,4)18(22)24-12-11-23-17(21)14(2)13-16(20)15-9-7-6-8-10-15;1-5-19(3,4)18(24)26-12-11-25-17(23)14(2)13-16(21-22-20)15-9-7-6-8-10-15;1-4-10-16(11-5-1)19(17-12-6-2-7-13-17)18-14-8-3-9-15-18;1-3-2;;/h6-25,29,34H,5,26-28H2,1-4H3;6-10,14,16H,5,11-13H2,1-4H3;6-10,14,16H,5,11-13H2,1-4H3;1-15H;;;1H2/q;;;;-1;+1;. The maximum atomic E-state index is 13.2. The number of carbonyl (C=O) groups excluding carboxylic acids is 6. The van der Waals surface area contributed by atoms with Crippen LogP contribution in [0, 0.1) is 34.0 Å². The summed E-state index contributed by atoms with van der Waals surface area (Å²) in [6, 6.07) is 92.5. The topological polar surface area (TPSA) is 309 Å². The van der Waals surface area contributed by atoms with E-state index >= 15 is 0 Å². The van der Waals surface area contributed by atoms with E-state index in [0.29, 0.717) is 38.5 Å². The van der Waals surface area contributed by atoms with Gasteiger partial charge in [0.05, 0.1) is 53.1 Å². The third-order valence-corrected chi connectivity index (χ3v) is 26.5. The number of nitrogens with zero attached hydrogens (tertiary/aromatic N) is 7. The van der Waals surface area contributed by atoms with Crippen LogP contribution >= 0.6 is 30.9 Å². The second-order valence-electron chi connectivity index (χ2n) is 29.2. The van der Waals surface area contributed by atoms with Gasteiger partial charge in [0.2, 0.25) is 0 Å². The van der Waals surface area contributed by atoms with E-state index in [1.807, 2.05) is 173 Å².